The first-order valence-corrected chi connectivity index (χ1v) is 4.34. The van der Waals surface area contributed by atoms with Crippen LogP contribution in [0.2, 0.25) is 0 Å². The highest BCUT2D eigenvalue weighted by Crippen LogP contribution is 2.29. The molecule has 0 heterocycles. The highest BCUT2D eigenvalue weighted by atomic mass is 35.5. The van der Waals surface area contributed by atoms with Gasteiger partial charge in [-0.2, -0.15) is 13.2 Å². The Morgan fingerprint density at radius 3 is 2.12 bits per heavy atom. The zero-order chi connectivity index (χ0) is 11.5. The molecule has 0 saturated heterocycles. The second-order valence-corrected chi connectivity index (χ2v) is 2.84. The Kier molecular flexibility index (Phi) is 5.30. The maximum atomic E-state index is 12.2. The number of hydrogen-bond donors (Lipinski definition) is 1. The molecule has 0 spiro atoms. The minimum absolute atomic E-state index is 0. The van der Waals surface area contributed by atoms with Gasteiger partial charge < -0.3 is 4.74 Å². The fourth-order valence-corrected chi connectivity index (χ4v) is 1.04. The van der Waals surface area contributed by atoms with Crippen molar-refractivity contribution < 1.29 is 17.9 Å². The van der Waals surface area contributed by atoms with Crippen molar-refractivity contribution in [2.45, 2.75) is 13.1 Å². The Labute approximate surface area is 97.3 Å². The van der Waals surface area contributed by atoms with E-state index >= 15 is 0 Å². The quantitative estimate of drug-likeness (QED) is 0.635. The predicted molar refractivity (Wildman–Crippen MR) is 57.1 cm³/mol. The van der Waals surface area contributed by atoms with Gasteiger partial charge in [-0.3, -0.25) is 5.41 Å². The van der Waals surface area contributed by atoms with Crippen LogP contribution in [-0.2, 0) is 10.9 Å². The first-order valence-electron chi connectivity index (χ1n) is 4.34. The van der Waals surface area contributed by atoms with Crippen molar-refractivity contribution >= 4 is 18.3 Å². The zero-order valence-corrected chi connectivity index (χ0v) is 9.28. The van der Waals surface area contributed by atoms with Crippen molar-refractivity contribution in [1.82, 2.24) is 0 Å². The molecular formula is C10H11ClF3NO. The van der Waals surface area contributed by atoms with E-state index in [1.54, 1.807) is 6.92 Å². The fourth-order valence-electron chi connectivity index (χ4n) is 1.04. The van der Waals surface area contributed by atoms with E-state index in [-0.39, 0.29) is 18.3 Å². The fraction of sp³-hybridized carbons (Fsp3) is 0.300. The average molecular weight is 254 g/mol. The second-order valence-electron chi connectivity index (χ2n) is 2.84. The molecule has 0 aliphatic heterocycles. The van der Waals surface area contributed by atoms with Crippen molar-refractivity contribution in [3.63, 3.8) is 0 Å². The maximum absolute atomic E-state index is 12.2. The van der Waals surface area contributed by atoms with E-state index in [0.717, 1.165) is 12.1 Å². The van der Waals surface area contributed by atoms with Gasteiger partial charge in [0, 0.05) is 5.56 Å². The molecule has 0 aromatic heterocycles. The van der Waals surface area contributed by atoms with Gasteiger partial charge in [-0.05, 0) is 31.2 Å². The van der Waals surface area contributed by atoms with Crippen LogP contribution in [0.3, 0.4) is 0 Å². The maximum Gasteiger partial charge on any atom is 0.416 e. The molecule has 0 unspecified atom stereocenters. The molecule has 90 valence electrons. The van der Waals surface area contributed by atoms with E-state index in [4.69, 9.17) is 10.1 Å². The lowest BCUT2D eigenvalue weighted by Crippen LogP contribution is -2.07. The molecule has 0 aliphatic rings. The molecule has 16 heavy (non-hydrogen) atoms. The minimum Gasteiger partial charge on any atom is -0.478 e. The summed E-state index contributed by atoms with van der Waals surface area (Å²) in [5, 5.41) is 7.35. The van der Waals surface area contributed by atoms with Gasteiger partial charge in [0.1, 0.15) is 0 Å². The molecule has 1 rings (SSSR count). The second kappa shape index (κ2) is 5.75. The van der Waals surface area contributed by atoms with Crippen LogP contribution < -0.4 is 0 Å². The molecule has 1 N–H and O–H groups in total. The number of alkyl halides is 3. The van der Waals surface area contributed by atoms with Crippen molar-refractivity contribution in [1.29, 1.82) is 5.41 Å². The van der Waals surface area contributed by atoms with Gasteiger partial charge in [-0.1, -0.05) is 0 Å². The van der Waals surface area contributed by atoms with Gasteiger partial charge in [-0.25, -0.2) is 0 Å². The smallest absolute Gasteiger partial charge is 0.416 e. The number of ether oxygens (including phenoxy) is 1. The minimum atomic E-state index is -4.34. The third kappa shape index (κ3) is 3.73. The Hall–Kier alpha value is -1.23. The van der Waals surface area contributed by atoms with Crippen LogP contribution in [0.15, 0.2) is 24.3 Å². The average Bonchev–Trinajstić information content (AvgIpc) is 2.17. The molecule has 6 heteroatoms. The number of nitrogens with one attached hydrogen (secondary N) is 1. The van der Waals surface area contributed by atoms with E-state index in [1.165, 1.54) is 12.1 Å². The standard InChI is InChI=1S/C10H10F3NO.ClH/c1-2-15-9(14)7-3-5-8(6-4-7)10(11,12)13;/h3-6,14H,2H2,1H3;1H. The third-order valence-corrected chi connectivity index (χ3v) is 1.76. The Morgan fingerprint density at radius 2 is 1.75 bits per heavy atom. The SMILES string of the molecule is CCOC(=N)c1ccc(C(F)(F)F)cc1.Cl. The van der Waals surface area contributed by atoms with Crippen LogP contribution in [0, 0.1) is 5.41 Å². The largest absolute Gasteiger partial charge is 0.478 e. The van der Waals surface area contributed by atoms with Crippen LogP contribution in [0.5, 0.6) is 0 Å². The normalized spacial score (nSPS) is 10.5. The van der Waals surface area contributed by atoms with E-state index < -0.39 is 11.7 Å². The number of halogens is 4. The molecule has 1 aromatic rings. The summed E-state index contributed by atoms with van der Waals surface area (Å²) in [4.78, 5) is 0. The molecule has 1 aromatic carbocycles. The number of hydrogen-bond acceptors (Lipinski definition) is 2. The number of rotatable bonds is 2. The van der Waals surface area contributed by atoms with Gasteiger partial charge in [0.25, 0.3) is 0 Å². The lowest BCUT2D eigenvalue weighted by Gasteiger charge is -2.08. The first-order chi connectivity index (χ1) is 6.95. The van der Waals surface area contributed by atoms with Crippen molar-refractivity contribution in [3.05, 3.63) is 35.4 Å². The number of benzene rings is 1. The zero-order valence-electron chi connectivity index (χ0n) is 8.47. The summed E-state index contributed by atoms with van der Waals surface area (Å²) in [5.74, 6) is -0.119. The molecule has 0 amide bonds. The van der Waals surface area contributed by atoms with Crippen molar-refractivity contribution in [2.75, 3.05) is 6.61 Å². The summed E-state index contributed by atoms with van der Waals surface area (Å²) < 4.78 is 41.4. The molecule has 0 saturated carbocycles. The molecule has 0 radical (unpaired) electrons. The van der Waals surface area contributed by atoms with Crippen LogP contribution in [0.1, 0.15) is 18.1 Å². The summed E-state index contributed by atoms with van der Waals surface area (Å²) >= 11 is 0. The van der Waals surface area contributed by atoms with Gasteiger partial charge in [0.2, 0.25) is 5.90 Å². The van der Waals surface area contributed by atoms with E-state index in [1.807, 2.05) is 0 Å². The van der Waals surface area contributed by atoms with Crippen LogP contribution in [-0.4, -0.2) is 12.5 Å². The Bertz CT molecular complexity index is 348. The highest BCUT2D eigenvalue weighted by Gasteiger charge is 2.30. The summed E-state index contributed by atoms with van der Waals surface area (Å²) in [7, 11) is 0. The third-order valence-electron chi connectivity index (χ3n) is 1.76. The van der Waals surface area contributed by atoms with Gasteiger partial charge in [0.15, 0.2) is 0 Å². The summed E-state index contributed by atoms with van der Waals surface area (Å²) in [6.45, 7) is 2.03. The topological polar surface area (TPSA) is 33.1 Å². The molecule has 0 atom stereocenters. The lowest BCUT2D eigenvalue weighted by molar-refractivity contribution is -0.137. The molecule has 0 fully saturated rings. The van der Waals surface area contributed by atoms with Crippen molar-refractivity contribution in [2.24, 2.45) is 0 Å². The molecule has 0 aliphatic carbocycles. The van der Waals surface area contributed by atoms with Crippen LogP contribution >= 0.6 is 12.4 Å². The highest BCUT2D eigenvalue weighted by molar-refractivity contribution is 5.91. The summed E-state index contributed by atoms with van der Waals surface area (Å²) in [6, 6.07) is 4.31. The summed E-state index contributed by atoms with van der Waals surface area (Å²) in [6.07, 6.45) is -4.34. The monoisotopic (exact) mass is 253 g/mol. The predicted octanol–water partition coefficient (Wildman–Crippen LogP) is 3.49. The molecule has 0 bridgehead atoms. The van der Waals surface area contributed by atoms with Crippen LogP contribution in [0.25, 0.3) is 0 Å². The van der Waals surface area contributed by atoms with Crippen molar-refractivity contribution in [3.8, 4) is 0 Å². The van der Waals surface area contributed by atoms with Gasteiger partial charge >= 0.3 is 6.18 Å². The first kappa shape index (κ1) is 14.8. The van der Waals surface area contributed by atoms with Gasteiger partial charge in [-0.15, -0.1) is 12.4 Å². The van der Waals surface area contributed by atoms with E-state index in [9.17, 15) is 13.2 Å². The molecular weight excluding hydrogens is 243 g/mol. The Balaban J connectivity index is 0.00000225. The summed E-state index contributed by atoms with van der Waals surface area (Å²) in [5.41, 5.74) is -0.389. The lowest BCUT2D eigenvalue weighted by atomic mass is 10.1. The van der Waals surface area contributed by atoms with E-state index in [2.05, 4.69) is 0 Å². The van der Waals surface area contributed by atoms with Gasteiger partial charge in [0.05, 0.1) is 12.2 Å². The van der Waals surface area contributed by atoms with Crippen LogP contribution in [0.4, 0.5) is 13.2 Å². The Morgan fingerprint density at radius 1 is 1.25 bits per heavy atom. The molecule has 2 nitrogen and oxygen atoms in total. The van der Waals surface area contributed by atoms with E-state index in [0.29, 0.717) is 12.2 Å².